The molecule has 2 heterocycles. The zero-order valence-corrected chi connectivity index (χ0v) is 11.6. The Kier molecular flexibility index (Phi) is 2.99. The van der Waals surface area contributed by atoms with E-state index < -0.39 is 0 Å². The van der Waals surface area contributed by atoms with Crippen LogP contribution >= 0.6 is 0 Å². The highest BCUT2D eigenvalue weighted by Gasteiger charge is 2.09. The van der Waals surface area contributed by atoms with E-state index in [0.717, 1.165) is 34.9 Å². The Balaban J connectivity index is 1.65. The molecule has 3 aromatic rings. The first kappa shape index (κ1) is 12.3. The van der Waals surface area contributed by atoms with Crippen molar-refractivity contribution >= 4 is 33.7 Å². The molecule has 21 heavy (non-hydrogen) atoms. The van der Waals surface area contributed by atoms with Crippen molar-refractivity contribution in [2.75, 3.05) is 5.43 Å². The molecule has 1 saturated carbocycles. The minimum absolute atomic E-state index is 0.437. The minimum atomic E-state index is 0.437. The standard InChI is InChI=1S/C15H16N6/c1-2-6-10(7-3-1)18-20-15-17-14-13(19-21-15)11-8-4-5-9-12(11)16-14/h4-5,8-9H,1-3,6-7H2,(H2,16,17,20,21). The van der Waals surface area contributed by atoms with Crippen molar-refractivity contribution in [1.29, 1.82) is 0 Å². The average Bonchev–Trinajstić information content (AvgIpc) is 2.91. The Hall–Kier alpha value is -2.50. The van der Waals surface area contributed by atoms with E-state index >= 15 is 0 Å². The maximum absolute atomic E-state index is 4.45. The summed E-state index contributed by atoms with van der Waals surface area (Å²) in [5.41, 5.74) is 6.68. The number of H-pyrrole nitrogens is 1. The van der Waals surface area contributed by atoms with Crippen LogP contribution in [0.2, 0.25) is 0 Å². The summed E-state index contributed by atoms with van der Waals surface area (Å²) < 4.78 is 0. The van der Waals surface area contributed by atoms with Crippen LogP contribution in [-0.4, -0.2) is 25.9 Å². The monoisotopic (exact) mass is 280 g/mol. The fraction of sp³-hybridized carbons (Fsp3) is 0.333. The molecule has 0 unspecified atom stereocenters. The van der Waals surface area contributed by atoms with Gasteiger partial charge in [-0.15, -0.1) is 10.2 Å². The molecule has 2 aromatic heterocycles. The summed E-state index contributed by atoms with van der Waals surface area (Å²) in [5, 5.41) is 13.8. The Bertz CT molecular complexity index is 811. The number of benzene rings is 1. The van der Waals surface area contributed by atoms with Crippen LogP contribution in [0.3, 0.4) is 0 Å². The normalized spacial score (nSPS) is 15.5. The number of aromatic nitrogens is 4. The molecule has 0 aliphatic heterocycles. The van der Waals surface area contributed by atoms with Gasteiger partial charge in [0.25, 0.3) is 5.95 Å². The van der Waals surface area contributed by atoms with Gasteiger partial charge in [-0.1, -0.05) is 24.6 Å². The summed E-state index contributed by atoms with van der Waals surface area (Å²) in [7, 11) is 0. The Labute approximate surface area is 121 Å². The van der Waals surface area contributed by atoms with E-state index in [0.29, 0.717) is 5.95 Å². The first-order chi connectivity index (χ1) is 10.4. The third kappa shape index (κ3) is 2.33. The summed E-state index contributed by atoms with van der Waals surface area (Å²) in [5.74, 6) is 0.437. The Morgan fingerprint density at radius 2 is 1.90 bits per heavy atom. The molecule has 0 spiro atoms. The number of nitrogens with zero attached hydrogens (tertiary/aromatic N) is 4. The first-order valence-corrected chi connectivity index (χ1v) is 7.33. The lowest BCUT2D eigenvalue weighted by Gasteiger charge is -2.11. The van der Waals surface area contributed by atoms with Gasteiger partial charge in [0.1, 0.15) is 5.52 Å². The predicted molar refractivity (Wildman–Crippen MR) is 83.3 cm³/mol. The molecule has 4 rings (SSSR count). The van der Waals surface area contributed by atoms with Crippen molar-refractivity contribution in [2.24, 2.45) is 5.10 Å². The molecule has 6 nitrogen and oxygen atoms in total. The lowest BCUT2D eigenvalue weighted by molar-refractivity contribution is 0.665. The minimum Gasteiger partial charge on any atom is -0.338 e. The van der Waals surface area contributed by atoms with Crippen LogP contribution in [0.15, 0.2) is 29.4 Å². The number of hydrogen-bond donors (Lipinski definition) is 2. The molecular weight excluding hydrogens is 264 g/mol. The van der Waals surface area contributed by atoms with Gasteiger partial charge < -0.3 is 4.98 Å². The van der Waals surface area contributed by atoms with Gasteiger partial charge in [-0.05, 0) is 31.7 Å². The summed E-state index contributed by atoms with van der Waals surface area (Å²) in [4.78, 5) is 7.70. The molecular formula is C15H16N6. The van der Waals surface area contributed by atoms with E-state index in [1.54, 1.807) is 0 Å². The summed E-state index contributed by atoms with van der Waals surface area (Å²) in [6.45, 7) is 0. The van der Waals surface area contributed by atoms with Gasteiger partial charge in [-0.3, -0.25) is 0 Å². The number of fused-ring (bicyclic) bond motifs is 3. The van der Waals surface area contributed by atoms with Crippen LogP contribution < -0.4 is 5.43 Å². The van der Waals surface area contributed by atoms with E-state index in [-0.39, 0.29) is 0 Å². The third-order valence-electron chi connectivity index (χ3n) is 3.87. The number of aromatic amines is 1. The van der Waals surface area contributed by atoms with E-state index in [2.05, 4.69) is 30.7 Å². The molecule has 0 bridgehead atoms. The number of nitrogens with one attached hydrogen (secondary N) is 2. The van der Waals surface area contributed by atoms with E-state index in [4.69, 9.17) is 0 Å². The lowest BCUT2D eigenvalue weighted by Crippen LogP contribution is -2.08. The lowest BCUT2D eigenvalue weighted by atomic mass is 9.99. The average molecular weight is 280 g/mol. The largest absolute Gasteiger partial charge is 0.338 e. The summed E-state index contributed by atoms with van der Waals surface area (Å²) in [6.07, 6.45) is 5.88. The highest BCUT2D eigenvalue weighted by Crippen LogP contribution is 2.22. The summed E-state index contributed by atoms with van der Waals surface area (Å²) in [6, 6.07) is 7.99. The number of rotatable bonds is 2. The van der Waals surface area contributed by atoms with Crippen LogP contribution in [0.4, 0.5) is 5.95 Å². The quantitative estimate of drug-likeness (QED) is 0.706. The van der Waals surface area contributed by atoms with Crippen molar-refractivity contribution in [3.8, 4) is 0 Å². The zero-order valence-electron chi connectivity index (χ0n) is 11.6. The second kappa shape index (κ2) is 5.12. The van der Waals surface area contributed by atoms with Crippen molar-refractivity contribution in [3.63, 3.8) is 0 Å². The van der Waals surface area contributed by atoms with Crippen LogP contribution in [0.5, 0.6) is 0 Å². The third-order valence-corrected chi connectivity index (χ3v) is 3.87. The molecule has 106 valence electrons. The van der Waals surface area contributed by atoms with E-state index in [1.165, 1.54) is 25.0 Å². The fourth-order valence-electron chi connectivity index (χ4n) is 2.77. The molecule has 0 saturated heterocycles. The Morgan fingerprint density at radius 1 is 1.05 bits per heavy atom. The van der Waals surface area contributed by atoms with Crippen LogP contribution in [-0.2, 0) is 0 Å². The van der Waals surface area contributed by atoms with Crippen molar-refractivity contribution < 1.29 is 0 Å². The van der Waals surface area contributed by atoms with Gasteiger partial charge in [0, 0.05) is 16.6 Å². The van der Waals surface area contributed by atoms with Crippen molar-refractivity contribution in [2.45, 2.75) is 32.1 Å². The van der Waals surface area contributed by atoms with E-state index in [9.17, 15) is 0 Å². The van der Waals surface area contributed by atoms with Crippen LogP contribution in [0.25, 0.3) is 22.1 Å². The first-order valence-electron chi connectivity index (χ1n) is 7.33. The highest BCUT2D eigenvalue weighted by molar-refractivity contribution is 6.03. The molecule has 1 aromatic carbocycles. The van der Waals surface area contributed by atoms with Gasteiger partial charge in [0.15, 0.2) is 5.65 Å². The number of hydrogen-bond acceptors (Lipinski definition) is 5. The number of anilines is 1. The second-order valence-electron chi connectivity index (χ2n) is 5.35. The number of para-hydroxylation sites is 1. The van der Waals surface area contributed by atoms with Crippen LogP contribution in [0.1, 0.15) is 32.1 Å². The predicted octanol–water partition coefficient (Wildman–Crippen LogP) is 3.24. The van der Waals surface area contributed by atoms with Gasteiger partial charge in [-0.25, -0.2) is 5.43 Å². The smallest absolute Gasteiger partial charge is 0.265 e. The van der Waals surface area contributed by atoms with Crippen LogP contribution in [0, 0.1) is 0 Å². The topological polar surface area (TPSA) is 78.9 Å². The maximum atomic E-state index is 4.45. The highest BCUT2D eigenvalue weighted by atomic mass is 15.4. The molecule has 1 aliphatic carbocycles. The molecule has 0 amide bonds. The molecule has 1 aliphatic rings. The second-order valence-corrected chi connectivity index (χ2v) is 5.35. The van der Waals surface area contributed by atoms with E-state index in [1.807, 2.05) is 24.3 Å². The molecule has 1 fully saturated rings. The molecule has 6 heteroatoms. The zero-order chi connectivity index (χ0) is 14.1. The van der Waals surface area contributed by atoms with Crippen molar-refractivity contribution in [3.05, 3.63) is 24.3 Å². The molecule has 0 atom stereocenters. The van der Waals surface area contributed by atoms with Crippen molar-refractivity contribution in [1.82, 2.24) is 20.2 Å². The summed E-state index contributed by atoms with van der Waals surface area (Å²) >= 11 is 0. The molecule has 0 radical (unpaired) electrons. The number of hydrazone groups is 1. The van der Waals surface area contributed by atoms with Gasteiger partial charge >= 0.3 is 0 Å². The van der Waals surface area contributed by atoms with Gasteiger partial charge in [0.05, 0.1) is 0 Å². The van der Waals surface area contributed by atoms with Gasteiger partial charge in [0.2, 0.25) is 0 Å². The van der Waals surface area contributed by atoms with Gasteiger partial charge in [-0.2, -0.15) is 10.1 Å². The maximum Gasteiger partial charge on any atom is 0.265 e. The Morgan fingerprint density at radius 3 is 2.81 bits per heavy atom. The SMILES string of the molecule is c1ccc2c(c1)[nH]c1nc(NN=C3CCCCC3)nnc12. The fourth-order valence-corrected chi connectivity index (χ4v) is 2.77. The molecule has 2 N–H and O–H groups in total.